The third-order valence-corrected chi connectivity index (χ3v) is 6.44. The number of rotatable bonds is 11. The number of aliphatic hydroxyl groups is 1. The first kappa shape index (κ1) is 22.0. The fraction of sp³-hybridized carbons (Fsp3) is 0.667. The molecule has 29 heavy (non-hydrogen) atoms. The van der Waals surface area contributed by atoms with Crippen molar-refractivity contribution < 1.29 is 14.7 Å². The van der Waals surface area contributed by atoms with E-state index >= 15 is 0 Å². The van der Waals surface area contributed by atoms with Gasteiger partial charge in [-0.15, -0.1) is 0 Å². The number of amides is 2. The van der Waals surface area contributed by atoms with E-state index in [9.17, 15) is 14.7 Å². The highest BCUT2D eigenvalue weighted by Gasteiger charge is 2.51. The summed E-state index contributed by atoms with van der Waals surface area (Å²) in [5, 5.41) is 13.9. The molecule has 0 radical (unpaired) electrons. The predicted octanol–water partition coefficient (Wildman–Crippen LogP) is 4.19. The van der Waals surface area contributed by atoms with Gasteiger partial charge in [0, 0.05) is 6.04 Å². The molecule has 2 heterocycles. The van der Waals surface area contributed by atoms with Crippen LogP contribution >= 0.6 is 0 Å². The van der Waals surface area contributed by atoms with Crippen LogP contribution in [0.2, 0.25) is 0 Å². The highest BCUT2D eigenvalue weighted by molar-refractivity contribution is 6.23. The SMILES string of the molecule is CCCCCCCCCCC(O)C1CC[C@H]2C(=O)N(c3ccccc3)C(=O)[C@H]2N1. The molecule has 0 aromatic heterocycles. The molecule has 4 atom stereocenters. The van der Waals surface area contributed by atoms with Gasteiger partial charge in [-0.1, -0.05) is 76.5 Å². The lowest BCUT2D eigenvalue weighted by molar-refractivity contribution is -0.122. The summed E-state index contributed by atoms with van der Waals surface area (Å²) in [7, 11) is 0. The number of hydrogen-bond donors (Lipinski definition) is 2. The Kier molecular flexibility index (Phi) is 8.25. The van der Waals surface area contributed by atoms with Crippen LogP contribution in [0.3, 0.4) is 0 Å². The van der Waals surface area contributed by atoms with Crippen LogP contribution in [0.1, 0.15) is 77.6 Å². The first-order valence-electron chi connectivity index (χ1n) is 11.5. The van der Waals surface area contributed by atoms with Crippen LogP contribution in [0.15, 0.2) is 30.3 Å². The van der Waals surface area contributed by atoms with E-state index < -0.39 is 12.1 Å². The Bertz CT molecular complexity index is 663. The standard InChI is InChI=1S/C24H36N2O3/c1-2-3-4-5-6-7-8-12-15-21(27)20-17-16-19-22(25-20)24(29)26(23(19)28)18-13-10-9-11-14-18/h9-11,13-14,19-22,25,27H,2-8,12,15-17H2,1H3/t19-,20?,21?,22+/m1/s1. The van der Waals surface area contributed by atoms with E-state index in [0.29, 0.717) is 12.1 Å². The second kappa shape index (κ2) is 10.9. The molecule has 2 N–H and O–H groups in total. The van der Waals surface area contributed by atoms with Gasteiger partial charge in [0.15, 0.2) is 0 Å². The van der Waals surface area contributed by atoms with Gasteiger partial charge in [0.2, 0.25) is 5.91 Å². The lowest BCUT2D eigenvalue weighted by Gasteiger charge is -2.33. The van der Waals surface area contributed by atoms with E-state index in [1.807, 2.05) is 18.2 Å². The molecule has 2 fully saturated rings. The monoisotopic (exact) mass is 400 g/mol. The molecule has 2 amide bonds. The molecule has 160 valence electrons. The van der Waals surface area contributed by atoms with Gasteiger partial charge in [-0.25, -0.2) is 4.90 Å². The van der Waals surface area contributed by atoms with E-state index in [-0.39, 0.29) is 23.8 Å². The van der Waals surface area contributed by atoms with Gasteiger partial charge in [-0.05, 0) is 31.4 Å². The molecule has 0 spiro atoms. The fourth-order valence-corrected chi connectivity index (χ4v) is 4.70. The number of imide groups is 1. The summed E-state index contributed by atoms with van der Waals surface area (Å²) in [5.74, 6) is -0.612. The molecule has 2 unspecified atom stereocenters. The summed E-state index contributed by atoms with van der Waals surface area (Å²) in [5.41, 5.74) is 0.634. The van der Waals surface area contributed by atoms with Crippen LogP contribution in [0, 0.1) is 5.92 Å². The number of carbonyl (C=O) groups is 2. The molecule has 2 aliphatic rings. The first-order chi connectivity index (χ1) is 14.1. The second-order valence-electron chi connectivity index (χ2n) is 8.61. The van der Waals surface area contributed by atoms with Crippen molar-refractivity contribution in [3.63, 3.8) is 0 Å². The Balaban J connectivity index is 1.44. The van der Waals surface area contributed by atoms with Gasteiger partial charge in [0.1, 0.15) is 0 Å². The minimum absolute atomic E-state index is 0.103. The van der Waals surface area contributed by atoms with Gasteiger partial charge >= 0.3 is 0 Å². The molecule has 0 saturated carbocycles. The summed E-state index contributed by atoms with van der Waals surface area (Å²) < 4.78 is 0. The van der Waals surface area contributed by atoms with E-state index in [1.165, 1.54) is 43.4 Å². The zero-order chi connectivity index (χ0) is 20.6. The summed E-state index contributed by atoms with van der Waals surface area (Å²) in [6.07, 6.45) is 11.6. The van der Waals surface area contributed by atoms with Crippen molar-refractivity contribution in [2.75, 3.05) is 4.90 Å². The van der Waals surface area contributed by atoms with Crippen LogP contribution in [0.5, 0.6) is 0 Å². The van der Waals surface area contributed by atoms with Gasteiger partial charge in [-0.3, -0.25) is 14.9 Å². The summed E-state index contributed by atoms with van der Waals surface area (Å²) >= 11 is 0. The molecule has 3 rings (SSSR count). The molecule has 1 aromatic carbocycles. The Morgan fingerprint density at radius 2 is 1.62 bits per heavy atom. The number of aliphatic hydroxyl groups excluding tert-OH is 1. The van der Waals surface area contributed by atoms with Crippen molar-refractivity contribution in [2.24, 2.45) is 5.92 Å². The van der Waals surface area contributed by atoms with Crippen molar-refractivity contribution in [1.82, 2.24) is 5.32 Å². The molecular weight excluding hydrogens is 364 g/mol. The van der Waals surface area contributed by atoms with Crippen molar-refractivity contribution in [1.29, 1.82) is 0 Å². The lowest BCUT2D eigenvalue weighted by atomic mass is 9.86. The Morgan fingerprint density at radius 1 is 0.966 bits per heavy atom. The smallest absolute Gasteiger partial charge is 0.251 e. The van der Waals surface area contributed by atoms with Crippen molar-refractivity contribution in [3.05, 3.63) is 30.3 Å². The number of benzene rings is 1. The number of nitrogens with zero attached hydrogens (tertiary/aromatic N) is 1. The molecule has 5 heteroatoms. The Hall–Kier alpha value is -1.72. The molecule has 5 nitrogen and oxygen atoms in total. The van der Waals surface area contributed by atoms with Crippen molar-refractivity contribution in [3.8, 4) is 0 Å². The van der Waals surface area contributed by atoms with E-state index in [2.05, 4.69) is 12.2 Å². The normalized spacial score (nSPS) is 25.3. The molecule has 2 aliphatic heterocycles. The van der Waals surface area contributed by atoms with Gasteiger partial charge in [-0.2, -0.15) is 0 Å². The highest BCUT2D eigenvalue weighted by Crippen LogP contribution is 2.33. The average Bonchev–Trinajstić information content (AvgIpc) is 3.00. The molecular formula is C24H36N2O3. The van der Waals surface area contributed by atoms with Crippen LogP contribution in [0.4, 0.5) is 5.69 Å². The number of hydrogen-bond acceptors (Lipinski definition) is 4. The maximum absolute atomic E-state index is 12.9. The largest absolute Gasteiger partial charge is 0.392 e. The number of fused-ring (bicyclic) bond motifs is 1. The minimum Gasteiger partial charge on any atom is -0.392 e. The first-order valence-corrected chi connectivity index (χ1v) is 11.5. The quantitative estimate of drug-likeness (QED) is 0.432. The van der Waals surface area contributed by atoms with Gasteiger partial charge in [0.25, 0.3) is 5.91 Å². The van der Waals surface area contributed by atoms with Crippen LogP contribution in [-0.4, -0.2) is 35.1 Å². The van der Waals surface area contributed by atoms with Crippen LogP contribution in [-0.2, 0) is 9.59 Å². The number of para-hydroxylation sites is 1. The van der Waals surface area contributed by atoms with E-state index in [0.717, 1.165) is 25.7 Å². The third kappa shape index (κ3) is 5.46. The topological polar surface area (TPSA) is 69.6 Å². The maximum Gasteiger partial charge on any atom is 0.251 e. The Labute approximate surface area is 174 Å². The average molecular weight is 401 g/mol. The maximum atomic E-state index is 12.9. The van der Waals surface area contributed by atoms with Crippen LogP contribution in [0.25, 0.3) is 0 Å². The predicted molar refractivity (Wildman–Crippen MR) is 116 cm³/mol. The molecule has 0 bridgehead atoms. The van der Waals surface area contributed by atoms with Gasteiger partial charge in [0.05, 0.1) is 23.8 Å². The number of unbranched alkanes of at least 4 members (excludes halogenated alkanes) is 7. The van der Waals surface area contributed by atoms with E-state index in [4.69, 9.17) is 0 Å². The summed E-state index contributed by atoms with van der Waals surface area (Å²) in [4.78, 5) is 27.0. The lowest BCUT2D eigenvalue weighted by Crippen LogP contribution is -2.54. The second-order valence-corrected chi connectivity index (χ2v) is 8.61. The zero-order valence-electron chi connectivity index (χ0n) is 17.7. The molecule has 0 aliphatic carbocycles. The van der Waals surface area contributed by atoms with Gasteiger partial charge < -0.3 is 5.11 Å². The highest BCUT2D eigenvalue weighted by atomic mass is 16.3. The van der Waals surface area contributed by atoms with Crippen molar-refractivity contribution in [2.45, 2.75) is 95.7 Å². The molecule has 1 aromatic rings. The third-order valence-electron chi connectivity index (χ3n) is 6.44. The summed E-state index contributed by atoms with van der Waals surface area (Å²) in [6.45, 7) is 2.23. The minimum atomic E-state index is -0.505. The summed E-state index contributed by atoms with van der Waals surface area (Å²) in [6, 6.07) is 8.52. The van der Waals surface area contributed by atoms with Crippen molar-refractivity contribution >= 4 is 17.5 Å². The Morgan fingerprint density at radius 3 is 2.31 bits per heavy atom. The van der Waals surface area contributed by atoms with Crippen LogP contribution < -0.4 is 10.2 Å². The number of piperidine rings is 1. The zero-order valence-corrected chi connectivity index (χ0v) is 17.7. The number of anilines is 1. The van der Waals surface area contributed by atoms with E-state index in [1.54, 1.807) is 12.1 Å². The fourth-order valence-electron chi connectivity index (χ4n) is 4.70. The molecule has 2 saturated heterocycles. The number of nitrogens with one attached hydrogen (secondary N) is 1. The number of carbonyl (C=O) groups excluding carboxylic acids is 2.